The van der Waals surface area contributed by atoms with Crippen LogP contribution in [0, 0.1) is 12.8 Å². The molecule has 2 heterocycles. The van der Waals surface area contributed by atoms with E-state index >= 15 is 0 Å². The fraction of sp³-hybridized carbons (Fsp3) is 0.292. The smallest absolute Gasteiger partial charge is 0.225 e. The van der Waals surface area contributed by atoms with Crippen LogP contribution in [0.3, 0.4) is 0 Å². The zero-order chi connectivity index (χ0) is 20.9. The number of hydrogen-bond donors (Lipinski definition) is 1. The number of aromatic nitrogens is 2. The van der Waals surface area contributed by atoms with Gasteiger partial charge in [-0.15, -0.1) is 10.2 Å². The van der Waals surface area contributed by atoms with E-state index in [1.54, 1.807) is 0 Å². The van der Waals surface area contributed by atoms with Crippen molar-refractivity contribution in [3.8, 4) is 11.3 Å². The fourth-order valence-corrected chi connectivity index (χ4v) is 3.94. The van der Waals surface area contributed by atoms with Crippen LogP contribution in [-0.2, 0) is 11.3 Å². The molecule has 1 aliphatic heterocycles. The average molecular weight is 421 g/mol. The van der Waals surface area contributed by atoms with Gasteiger partial charge in [-0.05, 0) is 43.5 Å². The number of anilines is 1. The number of carbonyl (C=O) groups is 1. The van der Waals surface area contributed by atoms with Crippen molar-refractivity contribution in [2.45, 2.75) is 26.3 Å². The van der Waals surface area contributed by atoms with Crippen LogP contribution < -0.4 is 10.2 Å². The zero-order valence-corrected chi connectivity index (χ0v) is 17.8. The summed E-state index contributed by atoms with van der Waals surface area (Å²) >= 11 is 6.19. The maximum atomic E-state index is 12.7. The topological polar surface area (TPSA) is 58.1 Å². The molecule has 0 radical (unpaired) electrons. The Hall–Kier alpha value is -2.92. The highest BCUT2D eigenvalue weighted by molar-refractivity contribution is 6.31. The van der Waals surface area contributed by atoms with E-state index in [0.717, 1.165) is 42.0 Å². The van der Waals surface area contributed by atoms with Crippen molar-refractivity contribution >= 4 is 23.3 Å². The summed E-state index contributed by atoms with van der Waals surface area (Å²) in [6, 6.07) is 19.8. The average Bonchev–Trinajstić information content (AvgIpc) is 2.79. The molecule has 1 saturated heterocycles. The molecule has 1 amide bonds. The number of piperidine rings is 1. The Morgan fingerprint density at radius 2 is 1.90 bits per heavy atom. The number of amides is 1. The minimum absolute atomic E-state index is 0.0591. The lowest BCUT2D eigenvalue weighted by Gasteiger charge is -2.32. The number of carbonyl (C=O) groups excluding carboxylic acids is 1. The van der Waals surface area contributed by atoms with Gasteiger partial charge in [0, 0.05) is 30.2 Å². The van der Waals surface area contributed by atoms with Crippen molar-refractivity contribution in [1.29, 1.82) is 0 Å². The van der Waals surface area contributed by atoms with E-state index in [0.29, 0.717) is 18.1 Å². The SMILES string of the molecule is Cc1ccc(-c2ccc(N3CCCC(C(=O)NCc4ccccc4Cl)C3)nn2)cc1. The Morgan fingerprint density at radius 1 is 1.10 bits per heavy atom. The van der Waals surface area contributed by atoms with Crippen molar-refractivity contribution in [3.63, 3.8) is 0 Å². The molecule has 1 aromatic heterocycles. The Bertz CT molecular complexity index is 1000. The minimum atomic E-state index is -0.0696. The van der Waals surface area contributed by atoms with Crippen LogP contribution in [0.5, 0.6) is 0 Å². The summed E-state index contributed by atoms with van der Waals surface area (Å²) in [4.78, 5) is 14.9. The maximum absolute atomic E-state index is 12.7. The van der Waals surface area contributed by atoms with E-state index in [9.17, 15) is 4.79 Å². The molecule has 154 valence electrons. The van der Waals surface area contributed by atoms with Crippen molar-refractivity contribution in [2.75, 3.05) is 18.0 Å². The summed E-state index contributed by atoms with van der Waals surface area (Å²) < 4.78 is 0. The summed E-state index contributed by atoms with van der Waals surface area (Å²) in [6.07, 6.45) is 1.82. The van der Waals surface area contributed by atoms with Gasteiger partial charge in [0.1, 0.15) is 0 Å². The first-order valence-electron chi connectivity index (χ1n) is 10.3. The molecule has 3 aromatic rings. The molecule has 1 N–H and O–H groups in total. The molecule has 1 unspecified atom stereocenters. The number of nitrogens with one attached hydrogen (secondary N) is 1. The van der Waals surface area contributed by atoms with E-state index in [1.807, 2.05) is 36.4 Å². The third-order valence-corrected chi connectivity index (χ3v) is 5.89. The Labute approximate surface area is 182 Å². The van der Waals surface area contributed by atoms with Gasteiger partial charge in [-0.2, -0.15) is 0 Å². The predicted octanol–water partition coefficient (Wildman–Crippen LogP) is 4.64. The third kappa shape index (κ3) is 4.79. The maximum Gasteiger partial charge on any atom is 0.225 e. The molecule has 5 nitrogen and oxygen atoms in total. The number of hydrogen-bond acceptors (Lipinski definition) is 4. The molecular formula is C24H25ClN4O. The second kappa shape index (κ2) is 9.26. The lowest BCUT2D eigenvalue weighted by Crippen LogP contribution is -2.43. The lowest BCUT2D eigenvalue weighted by atomic mass is 9.97. The van der Waals surface area contributed by atoms with Crippen LogP contribution in [0.2, 0.25) is 5.02 Å². The number of halogens is 1. The summed E-state index contributed by atoms with van der Waals surface area (Å²) in [5.41, 5.74) is 4.05. The summed E-state index contributed by atoms with van der Waals surface area (Å²) in [6.45, 7) is 4.04. The van der Waals surface area contributed by atoms with Crippen LogP contribution in [0.4, 0.5) is 5.82 Å². The van der Waals surface area contributed by atoms with E-state index in [2.05, 4.69) is 51.6 Å². The summed E-state index contributed by atoms with van der Waals surface area (Å²) in [5.74, 6) is 0.804. The van der Waals surface area contributed by atoms with Gasteiger partial charge >= 0.3 is 0 Å². The van der Waals surface area contributed by atoms with Gasteiger partial charge in [-0.1, -0.05) is 59.6 Å². The number of rotatable bonds is 5. The van der Waals surface area contributed by atoms with Crippen LogP contribution in [0.15, 0.2) is 60.7 Å². The van der Waals surface area contributed by atoms with Crippen LogP contribution in [0.25, 0.3) is 11.3 Å². The Morgan fingerprint density at radius 3 is 2.63 bits per heavy atom. The van der Waals surface area contributed by atoms with E-state index in [1.165, 1.54) is 5.56 Å². The van der Waals surface area contributed by atoms with Crippen molar-refractivity contribution in [3.05, 3.63) is 76.8 Å². The Balaban J connectivity index is 1.38. The van der Waals surface area contributed by atoms with Crippen molar-refractivity contribution in [1.82, 2.24) is 15.5 Å². The van der Waals surface area contributed by atoms with E-state index < -0.39 is 0 Å². The predicted molar refractivity (Wildman–Crippen MR) is 120 cm³/mol. The monoisotopic (exact) mass is 420 g/mol. The lowest BCUT2D eigenvalue weighted by molar-refractivity contribution is -0.125. The van der Waals surface area contributed by atoms with Gasteiger partial charge in [-0.3, -0.25) is 4.79 Å². The summed E-state index contributed by atoms with van der Waals surface area (Å²) in [5, 5.41) is 12.5. The van der Waals surface area contributed by atoms with Crippen LogP contribution >= 0.6 is 11.6 Å². The first-order valence-corrected chi connectivity index (χ1v) is 10.6. The molecular weight excluding hydrogens is 396 g/mol. The number of benzene rings is 2. The second-order valence-corrected chi connectivity index (χ2v) is 8.14. The molecule has 6 heteroatoms. The molecule has 0 bridgehead atoms. The highest BCUT2D eigenvalue weighted by Gasteiger charge is 2.26. The molecule has 0 aliphatic carbocycles. The molecule has 4 rings (SSSR count). The van der Waals surface area contributed by atoms with Gasteiger partial charge in [0.15, 0.2) is 5.82 Å². The fourth-order valence-electron chi connectivity index (χ4n) is 3.74. The van der Waals surface area contributed by atoms with E-state index in [-0.39, 0.29) is 11.8 Å². The molecule has 0 spiro atoms. The molecule has 1 atom stereocenters. The highest BCUT2D eigenvalue weighted by atomic mass is 35.5. The molecule has 1 fully saturated rings. The molecule has 0 saturated carbocycles. The number of aryl methyl sites for hydroxylation is 1. The van der Waals surface area contributed by atoms with Gasteiger partial charge in [-0.25, -0.2) is 0 Å². The Kier molecular flexibility index (Phi) is 6.29. The number of nitrogens with zero attached hydrogens (tertiary/aromatic N) is 3. The molecule has 1 aliphatic rings. The van der Waals surface area contributed by atoms with Crippen LogP contribution in [-0.4, -0.2) is 29.2 Å². The van der Waals surface area contributed by atoms with E-state index in [4.69, 9.17) is 11.6 Å². The second-order valence-electron chi connectivity index (χ2n) is 7.74. The van der Waals surface area contributed by atoms with Crippen molar-refractivity contribution in [2.24, 2.45) is 5.92 Å². The van der Waals surface area contributed by atoms with Gasteiger partial charge in [0.25, 0.3) is 0 Å². The standard InChI is InChI=1S/C24H25ClN4O/c1-17-8-10-18(11-9-17)22-12-13-23(28-27-22)29-14-4-6-20(16-29)24(30)26-15-19-5-2-3-7-21(19)25/h2-3,5,7-13,20H,4,6,14-16H2,1H3,(H,26,30). The van der Waals surface area contributed by atoms with Crippen LogP contribution in [0.1, 0.15) is 24.0 Å². The first kappa shape index (κ1) is 20.4. The minimum Gasteiger partial charge on any atom is -0.354 e. The zero-order valence-electron chi connectivity index (χ0n) is 17.0. The molecule has 30 heavy (non-hydrogen) atoms. The van der Waals surface area contributed by atoms with Gasteiger partial charge < -0.3 is 10.2 Å². The first-order chi connectivity index (χ1) is 14.6. The van der Waals surface area contributed by atoms with Crippen molar-refractivity contribution < 1.29 is 4.79 Å². The third-order valence-electron chi connectivity index (χ3n) is 5.52. The normalized spacial score (nSPS) is 16.3. The van der Waals surface area contributed by atoms with Gasteiger partial charge in [0.2, 0.25) is 5.91 Å². The highest BCUT2D eigenvalue weighted by Crippen LogP contribution is 2.24. The van der Waals surface area contributed by atoms with Gasteiger partial charge in [0.05, 0.1) is 11.6 Å². The molecule has 2 aromatic carbocycles. The quantitative estimate of drug-likeness (QED) is 0.653. The largest absolute Gasteiger partial charge is 0.354 e. The summed E-state index contributed by atoms with van der Waals surface area (Å²) in [7, 11) is 0.